The predicted octanol–water partition coefficient (Wildman–Crippen LogP) is 5.52. The van der Waals surface area contributed by atoms with E-state index in [9.17, 15) is 9.59 Å². The number of amides is 2. The lowest BCUT2D eigenvalue weighted by molar-refractivity contribution is -0.133. The lowest BCUT2D eigenvalue weighted by Gasteiger charge is -2.55. The molecule has 4 fully saturated rings. The van der Waals surface area contributed by atoms with Crippen LogP contribution in [0.15, 0.2) is 60.8 Å². The maximum atomic E-state index is 13.6. The van der Waals surface area contributed by atoms with Crippen LogP contribution in [-0.2, 0) is 22.4 Å². The quantitative estimate of drug-likeness (QED) is 0.381. The van der Waals surface area contributed by atoms with Crippen LogP contribution >= 0.6 is 0 Å². The SMILES string of the molecule is C[C@](Cc1c[nH]c2ccccc12)(NC(=O)OC12CC3CC(CC(C3)C1)C2)C(=O)NCCc1ccccc1. The molecular formula is C31H37N3O3. The predicted molar refractivity (Wildman–Crippen MR) is 144 cm³/mol. The van der Waals surface area contributed by atoms with Crippen LogP contribution in [0.25, 0.3) is 10.9 Å². The second-order valence-electron chi connectivity index (χ2n) is 12.0. The van der Waals surface area contributed by atoms with E-state index in [1.165, 1.54) is 19.3 Å². The second kappa shape index (κ2) is 9.55. The summed E-state index contributed by atoms with van der Waals surface area (Å²) in [6.45, 7) is 2.31. The highest BCUT2D eigenvalue weighted by Crippen LogP contribution is 2.57. The molecule has 0 spiro atoms. The number of nitrogens with one attached hydrogen (secondary N) is 3. The lowest BCUT2D eigenvalue weighted by atomic mass is 9.54. The summed E-state index contributed by atoms with van der Waals surface area (Å²) in [5.74, 6) is 1.84. The van der Waals surface area contributed by atoms with E-state index in [-0.39, 0.29) is 11.5 Å². The minimum atomic E-state index is -1.15. The maximum Gasteiger partial charge on any atom is 0.408 e. The molecule has 1 aromatic heterocycles. The Morgan fingerprint density at radius 1 is 0.973 bits per heavy atom. The zero-order valence-electron chi connectivity index (χ0n) is 21.6. The Bertz CT molecular complexity index is 1250. The average Bonchev–Trinajstić information content (AvgIpc) is 3.25. The molecule has 4 aliphatic carbocycles. The van der Waals surface area contributed by atoms with Gasteiger partial charge in [0.1, 0.15) is 11.1 Å². The standard InChI is InChI=1S/C31H37N3O3/c1-30(19-25-20-33-27-10-6-5-9-26(25)27,28(35)32-12-11-21-7-3-2-4-8-21)34-29(36)37-31-16-22-13-23(17-31)15-24(14-22)18-31/h2-10,20,22-24,33H,11-19H2,1H3,(H,32,35)(H,34,36)/t22?,23?,24?,30-,31?/m1/s1. The van der Waals surface area contributed by atoms with Crippen molar-refractivity contribution in [2.45, 2.75) is 69.4 Å². The molecule has 2 aromatic carbocycles. The molecule has 0 unspecified atom stereocenters. The fourth-order valence-corrected chi connectivity index (χ4v) is 7.60. The monoisotopic (exact) mass is 499 g/mol. The number of alkyl carbamates (subject to hydrolysis) is 1. The van der Waals surface area contributed by atoms with Gasteiger partial charge in [0.25, 0.3) is 0 Å². The number of fused-ring (bicyclic) bond motifs is 1. The highest BCUT2D eigenvalue weighted by molar-refractivity contribution is 5.91. The molecule has 37 heavy (non-hydrogen) atoms. The first-order chi connectivity index (χ1) is 17.9. The number of aromatic nitrogens is 1. The first-order valence-electron chi connectivity index (χ1n) is 13.8. The van der Waals surface area contributed by atoms with Crippen LogP contribution < -0.4 is 10.6 Å². The van der Waals surface area contributed by atoms with Crippen molar-refractivity contribution in [3.8, 4) is 0 Å². The van der Waals surface area contributed by atoms with Crippen molar-refractivity contribution >= 4 is 22.9 Å². The topological polar surface area (TPSA) is 83.2 Å². The van der Waals surface area contributed by atoms with Crippen molar-refractivity contribution < 1.29 is 14.3 Å². The van der Waals surface area contributed by atoms with Crippen LogP contribution in [0.3, 0.4) is 0 Å². The smallest absolute Gasteiger partial charge is 0.408 e. The number of carbonyl (C=O) groups is 2. The molecule has 1 heterocycles. The Labute approximate surface area is 218 Å². The Kier molecular flexibility index (Phi) is 6.21. The molecule has 1 atom stereocenters. The summed E-state index contributed by atoms with van der Waals surface area (Å²) in [5, 5.41) is 7.17. The summed E-state index contributed by atoms with van der Waals surface area (Å²) in [6, 6.07) is 18.1. The Morgan fingerprint density at radius 2 is 1.62 bits per heavy atom. The third kappa shape index (κ3) is 4.98. The summed E-state index contributed by atoms with van der Waals surface area (Å²) in [6.07, 6.45) is 9.32. The van der Waals surface area contributed by atoms with E-state index in [0.29, 0.717) is 30.7 Å². The Morgan fingerprint density at radius 3 is 2.32 bits per heavy atom. The largest absolute Gasteiger partial charge is 0.443 e. The van der Waals surface area contributed by atoms with Gasteiger partial charge >= 0.3 is 6.09 Å². The average molecular weight is 500 g/mol. The van der Waals surface area contributed by atoms with Crippen molar-refractivity contribution in [1.82, 2.24) is 15.6 Å². The van der Waals surface area contributed by atoms with Crippen LogP contribution in [-0.4, -0.2) is 34.7 Å². The van der Waals surface area contributed by atoms with Crippen molar-refractivity contribution in [3.05, 3.63) is 71.9 Å². The molecule has 4 aliphatic rings. The molecular weight excluding hydrogens is 462 g/mol. The highest BCUT2D eigenvalue weighted by atomic mass is 16.6. The molecule has 0 aliphatic heterocycles. The fourth-order valence-electron chi connectivity index (χ4n) is 7.60. The molecule has 2 amide bonds. The van der Waals surface area contributed by atoms with Crippen molar-refractivity contribution in [2.24, 2.45) is 17.8 Å². The van der Waals surface area contributed by atoms with Gasteiger partial charge < -0.3 is 20.4 Å². The van der Waals surface area contributed by atoms with E-state index in [4.69, 9.17) is 4.74 Å². The summed E-state index contributed by atoms with van der Waals surface area (Å²) < 4.78 is 6.24. The van der Waals surface area contributed by atoms with Crippen molar-refractivity contribution in [1.29, 1.82) is 0 Å². The summed E-state index contributed by atoms with van der Waals surface area (Å²) in [7, 11) is 0. The first-order valence-corrected chi connectivity index (χ1v) is 13.8. The molecule has 6 nitrogen and oxygen atoms in total. The van der Waals surface area contributed by atoms with E-state index in [2.05, 4.69) is 27.8 Å². The van der Waals surface area contributed by atoms with E-state index in [1.54, 1.807) is 0 Å². The number of hydrogen-bond acceptors (Lipinski definition) is 3. The molecule has 7 rings (SSSR count). The van der Waals surface area contributed by atoms with Gasteiger partial charge in [0.05, 0.1) is 0 Å². The third-order valence-corrected chi connectivity index (χ3v) is 8.93. The van der Waals surface area contributed by atoms with Gasteiger partial charge in [-0.3, -0.25) is 4.79 Å². The van der Waals surface area contributed by atoms with Crippen LogP contribution in [0.2, 0.25) is 0 Å². The number of aromatic amines is 1. The second-order valence-corrected chi connectivity index (χ2v) is 12.0. The molecule has 3 N–H and O–H groups in total. The highest BCUT2D eigenvalue weighted by Gasteiger charge is 2.53. The van der Waals surface area contributed by atoms with Gasteiger partial charge in [0.15, 0.2) is 0 Å². The van der Waals surface area contributed by atoms with Gasteiger partial charge in [0, 0.05) is 30.1 Å². The summed E-state index contributed by atoms with van der Waals surface area (Å²) in [4.78, 5) is 30.3. The van der Waals surface area contributed by atoms with Gasteiger partial charge in [-0.2, -0.15) is 0 Å². The molecule has 0 saturated heterocycles. The molecule has 4 bridgehead atoms. The number of H-pyrrole nitrogens is 1. The summed E-state index contributed by atoms with van der Waals surface area (Å²) in [5.41, 5.74) is 1.66. The first kappa shape index (κ1) is 24.1. The number of para-hydroxylation sites is 1. The number of rotatable bonds is 8. The van der Waals surface area contributed by atoms with Crippen molar-refractivity contribution in [2.75, 3.05) is 6.54 Å². The van der Waals surface area contributed by atoms with E-state index in [1.807, 2.05) is 55.6 Å². The maximum absolute atomic E-state index is 13.6. The van der Waals surface area contributed by atoms with E-state index >= 15 is 0 Å². The van der Waals surface area contributed by atoms with Gasteiger partial charge in [0.2, 0.25) is 5.91 Å². The van der Waals surface area contributed by atoms with Crippen LogP contribution in [0.1, 0.15) is 56.6 Å². The Balaban J connectivity index is 1.19. The fraction of sp³-hybridized carbons (Fsp3) is 0.484. The third-order valence-electron chi connectivity index (χ3n) is 8.93. The minimum Gasteiger partial charge on any atom is -0.443 e. The number of carbonyl (C=O) groups excluding carboxylic acids is 2. The molecule has 6 heteroatoms. The molecule has 194 valence electrons. The van der Waals surface area contributed by atoms with Gasteiger partial charge in [-0.15, -0.1) is 0 Å². The van der Waals surface area contributed by atoms with Crippen LogP contribution in [0, 0.1) is 17.8 Å². The molecule has 3 aromatic rings. The number of hydrogen-bond donors (Lipinski definition) is 3. The lowest BCUT2D eigenvalue weighted by Crippen LogP contribution is -2.60. The van der Waals surface area contributed by atoms with Gasteiger partial charge in [-0.25, -0.2) is 4.79 Å². The number of ether oxygens (including phenoxy) is 1. The Hall–Kier alpha value is -3.28. The minimum absolute atomic E-state index is 0.198. The van der Waals surface area contributed by atoms with Gasteiger partial charge in [-0.05, 0) is 86.8 Å². The van der Waals surface area contributed by atoms with Gasteiger partial charge in [-0.1, -0.05) is 48.5 Å². The van der Waals surface area contributed by atoms with E-state index < -0.39 is 11.6 Å². The molecule has 0 radical (unpaired) electrons. The zero-order valence-corrected chi connectivity index (χ0v) is 21.6. The summed E-state index contributed by atoms with van der Waals surface area (Å²) >= 11 is 0. The van der Waals surface area contributed by atoms with Crippen molar-refractivity contribution in [3.63, 3.8) is 0 Å². The zero-order chi connectivity index (χ0) is 25.5. The number of benzene rings is 2. The normalized spacial score (nSPS) is 27.5. The van der Waals surface area contributed by atoms with Crippen LogP contribution in [0.5, 0.6) is 0 Å². The van der Waals surface area contributed by atoms with E-state index in [0.717, 1.165) is 47.7 Å². The van der Waals surface area contributed by atoms with Crippen LogP contribution in [0.4, 0.5) is 4.79 Å². The molecule has 4 saturated carbocycles.